The Bertz CT molecular complexity index is 468. The highest BCUT2D eigenvalue weighted by Crippen LogP contribution is 2.20. The van der Waals surface area contributed by atoms with Crippen molar-refractivity contribution in [3.8, 4) is 0 Å². The Morgan fingerprint density at radius 1 is 1.47 bits per heavy atom. The Balaban J connectivity index is 2.21. The van der Waals surface area contributed by atoms with Gasteiger partial charge in [0.2, 0.25) is 0 Å². The second-order valence-corrected chi connectivity index (χ2v) is 4.21. The number of benzene rings is 1. The Hall–Kier alpha value is -1.84. The smallest absolute Gasteiger partial charge is 0.325 e. The number of hydrogen-bond acceptors (Lipinski definition) is 3. The van der Waals surface area contributed by atoms with E-state index in [1.165, 1.54) is 12.0 Å². The van der Waals surface area contributed by atoms with Crippen LogP contribution >= 0.6 is 0 Å². The third-order valence-electron chi connectivity index (χ3n) is 2.98. The third-order valence-corrected chi connectivity index (χ3v) is 2.98. The largest absolute Gasteiger partial charge is 0.468 e. The quantitative estimate of drug-likeness (QED) is 0.720. The minimum atomic E-state index is -0.381. The summed E-state index contributed by atoms with van der Waals surface area (Å²) < 4.78 is 4.58. The molecule has 0 bridgehead atoms. The van der Waals surface area contributed by atoms with E-state index in [0.717, 1.165) is 17.5 Å². The molecule has 0 saturated carbocycles. The summed E-state index contributed by atoms with van der Waals surface area (Å²) in [7, 11) is 1.33. The average Bonchev–Trinajstić information content (AvgIpc) is 2.32. The summed E-state index contributed by atoms with van der Waals surface area (Å²) >= 11 is 0. The highest BCUT2D eigenvalue weighted by atomic mass is 16.5. The van der Waals surface area contributed by atoms with E-state index in [-0.39, 0.29) is 18.4 Å². The molecule has 2 rings (SSSR count). The molecule has 90 valence electrons. The second-order valence-electron chi connectivity index (χ2n) is 4.21. The number of hydrogen-bond donors (Lipinski definition) is 0. The lowest BCUT2D eigenvalue weighted by atomic mass is 9.97. The van der Waals surface area contributed by atoms with Crippen molar-refractivity contribution in [1.29, 1.82) is 0 Å². The first-order valence-corrected chi connectivity index (χ1v) is 5.57. The van der Waals surface area contributed by atoms with E-state index in [9.17, 15) is 9.59 Å². The summed E-state index contributed by atoms with van der Waals surface area (Å²) in [4.78, 5) is 24.8. The lowest BCUT2D eigenvalue weighted by Crippen LogP contribution is -2.41. The van der Waals surface area contributed by atoms with Crippen molar-refractivity contribution < 1.29 is 14.3 Å². The van der Waals surface area contributed by atoms with Gasteiger partial charge in [-0.3, -0.25) is 9.59 Å². The van der Waals surface area contributed by atoms with E-state index < -0.39 is 0 Å². The van der Waals surface area contributed by atoms with Crippen LogP contribution in [0, 0.1) is 6.92 Å². The first kappa shape index (κ1) is 11.6. The molecule has 1 amide bonds. The van der Waals surface area contributed by atoms with Crippen LogP contribution in [0.1, 0.15) is 21.5 Å². The summed E-state index contributed by atoms with van der Waals surface area (Å²) in [5.74, 6) is -0.467. The first-order valence-electron chi connectivity index (χ1n) is 5.57. The van der Waals surface area contributed by atoms with Gasteiger partial charge >= 0.3 is 5.97 Å². The van der Waals surface area contributed by atoms with Crippen molar-refractivity contribution in [1.82, 2.24) is 4.90 Å². The van der Waals surface area contributed by atoms with Crippen LogP contribution in [0.15, 0.2) is 18.2 Å². The number of nitrogens with zero attached hydrogens (tertiary/aromatic N) is 1. The Kier molecular flexibility index (Phi) is 3.13. The van der Waals surface area contributed by atoms with Gasteiger partial charge in [-0.05, 0) is 25.0 Å². The fourth-order valence-electron chi connectivity index (χ4n) is 2.04. The molecule has 0 spiro atoms. The normalized spacial score (nSPS) is 14.5. The predicted octanol–water partition coefficient (Wildman–Crippen LogP) is 1.17. The van der Waals surface area contributed by atoms with Crippen LogP contribution in [0.2, 0.25) is 0 Å². The molecule has 0 atom stereocenters. The maximum atomic E-state index is 12.1. The fourth-order valence-corrected chi connectivity index (χ4v) is 2.04. The van der Waals surface area contributed by atoms with Crippen LogP contribution in [-0.2, 0) is 16.0 Å². The van der Waals surface area contributed by atoms with Crippen LogP contribution in [0.4, 0.5) is 0 Å². The number of fused-ring (bicyclic) bond motifs is 1. The van der Waals surface area contributed by atoms with Gasteiger partial charge in [-0.25, -0.2) is 0 Å². The molecule has 0 unspecified atom stereocenters. The lowest BCUT2D eigenvalue weighted by Gasteiger charge is -2.27. The van der Waals surface area contributed by atoms with Gasteiger partial charge in [-0.15, -0.1) is 0 Å². The fraction of sp³-hybridized carbons (Fsp3) is 0.385. The zero-order valence-electron chi connectivity index (χ0n) is 10.0. The molecular formula is C13H15NO3. The topological polar surface area (TPSA) is 46.6 Å². The first-order chi connectivity index (χ1) is 8.11. The molecule has 0 N–H and O–H groups in total. The molecule has 1 aromatic carbocycles. The minimum Gasteiger partial charge on any atom is -0.468 e. The average molecular weight is 233 g/mol. The monoisotopic (exact) mass is 233 g/mol. The number of carbonyl (C=O) groups is 2. The van der Waals surface area contributed by atoms with Crippen molar-refractivity contribution in [2.45, 2.75) is 13.3 Å². The highest BCUT2D eigenvalue weighted by molar-refractivity contribution is 5.98. The molecule has 0 saturated heterocycles. The molecule has 0 aliphatic carbocycles. The molecule has 17 heavy (non-hydrogen) atoms. The minimum absolute atomic E-state index is 0.0304. The third kappa shape index (κ3) is 2.30. The Labute approximate surface area is 100 Å². The highest BCUT2D eigenvalue weighted by Gasteiger charge is 2.25. The summed E-state index contributed by atoms with van der Waals surface area (Å²) in [6, 6.07) is 5.78. The number of carbonyl (C=O) groups excluding carboxylic acids is 2. The van der Waals surface area contributed by atoms with Gasteiger partial charge in [0.1, 0.15) is 6.54 Å². The van der Waals surface area contributed by atoms with Crippen molar-refractivity contribution in [2.24, 2.45) is 0 Å². The molecule has 1 aromatic rings. The number of aryl methyl sites for hydroxylation is 1. The molecule has 4 nitrogen and oxygen atoms in total. The molecule has 4 heteroatoms. The lowest BCUT2D eigenvalue weighted by molar-refractivity contribution is -0.141. The van der Waals surface area contributed by atoms with Gasteiger partial charge in [-0.2, -0.15) is 0 Å². The van der Waals surface area contributed by atoms with E-state index in [1.807, 2.05) is 25.1 Å². The van der Waals surface area contributed by atoms with Crippen molar-refractivity contribution >= 4 is 11.9 Å². The predicted molar refractivity (Wildman–Crippen MR) is 62.8 cm³/mol. The van der Waals surface area contributed by atoms with Crippen molar-refractivity contribution in [3.63, 3.8) is 0 Å². The van der Waals surface area contributed by atoms with Crippen molar-refractivity contribution in [3.05, 3.63) is 34.9 Å². The van der Waals surface area contributed by atoms with E-state index in [1.54, 1.807) is 0 Å². The van der Waals surface area contributed by atoms with Gasteiger partial charge in [-0.1, -0.05) is 17.7 Å². The molecule has 1 aliphatic rings. The zero-order chi connectivity index (χ0) is 12.4. The number of ether oxygens (including phenoxy) is 1. The summed E-state index contributed by atoms with van der Waals surface area (Å²) in [5.41, 5.74) is 2.92. The Morgan fingerprint density at radius 2 is 2.24 bits per heavy atom. The molecule has 0 radical (unpaired) electrons. The standard InChI is InChI=1S/C13H15NO3/c1-9-3-4-11-10(7-9)5-6-14(13(11)16)8-12(15)17-2/h3-4,7H,5-6,8H2,1-2H3. The van der Waals surface area contributed by atoms with Gasteiger partial charge in [0.25, 0.3) is 5.91 Å². The summed E-state index contributed by atoms with van der Waals surface area (Å²) in [5, 5.41) is 0. The molecule has 1 aliphatic heterocycles. The van der Waals surface area contributed by atoms with Crippen LogP contribution in [0.5, 0.6) is 0 Å². The van der Waals surface area contributed by atoms with E-state index in [4.69, 9.17) is 0 Å². The molecule has 0 fully saturated rings. The van der Waals surface area contributed by atoms with E-state index in [0.29, 0.717) is 12.1 Å². The maximum Gasteiger partial charge on any atom is 0.325 e. The van der Waals surface area contributed by atoms with Crippen LogP contribution in [-0.4, -0.2) is 37.0 Å². The number of rotatable bonds is 2. The number of methoxy groups -OCH3 is 1. The number of amides is 1. The van der Waals surface area contributed by atoms with Gasteiger partial charge in [0.15, 0.2) is 0 Å². The van der Waals surface area contributed by atoms with E-state index in [2.05, 4.69) is 4.74 Å². The molecule has 1 heterocycles. The van der Waals surface area contributed by atoms with E-state index >= 15 is 0 Å². The van der Waals surface area contributed by atoms with Gasteiger partial charge in [0, 0.05) is 12.1 Å². The second kappa shape index (κ2) is 4.57. The van der Waals surface area contributed by atoms with Crippen LogP contribution < -0.4 is 0 Å². The summed E-state index contributed by atoms with van der Waals surface area (Å²) in [6.45, 7) is 2.61. The molecular weight excluding hydrogens is 218 g/mol. The van der Waals surface area contributed by atoms with Crippen LogP contribution in [0.3, 0.4) is 0 Å². The van der Waals surface area contributed by atoms with Gasteiger partial charge < -0.3 is 9.64 Å². The van der Waals surface area contributed by atoms with Crippen molar-refractivity contribution in [2.75, 3.05) is 20.2 Å². The number of esters is 1. The molecule has 0 aromatic heterocycles. The SMILES string of the molecule is COC(=O)CN1CCc2cc(C)ccc2C1=O. The van der Waals surface area contributed by atoms with Crippen LogP contribution in [0.25, 0.3) is 0 Å². The zero-order valence-corrected chi connectivity index (χ0v) is 10.0. The summed E-state index contributed by atoms with van der Waals surface area (Å²) in [6.07, 6.45) is 0.791. The Morgan fingerprint density at radius 3 is 2.94 bits per heavy atom. The maximum absolute atomic E-state index is 12.1. The van der Waals surface area contributed by atoms with Gasteiger partial charge in [0.05, 0.1) is 7.11 Å².